The molecule has 3 rings (SSSR count). The van der Waals surface area contributed by atoms with Crippen molar-refractivity contribution in [3.05, 3.63) is 48.0 Å². The lowest BCUT2D eigenvalue weighted by Gasteiger charge is -2.00. The average molecular weight is 255 g/mol. The molecule has 2 heterocycles. The van der Waals surface area contributed by atoms with Gasteiger partial charge in [0.2, 0.25) is 11.9 Å². The number of hydrogen-bond acceptors (Lipinski definition) is 3. The van der Waals surface area contributed by atoms with E-state index in [9.17, 15) is 4.79 Å². The predicted octanol–water partition coefficient (Wildman–Crippen LogP) is 2.65. The van der Waals surface area contributed by atoms with Crippen LogP contribution < -0.4 is 5.32 Å². The average Bonchev–Trinajstić information content (AvgIpc) is 2.99. The van der Waals surface area contributed by atoms with Crippen molar-refractivity contribution in [2.24, 2.45) is 0 Å². The van der Waals surface area contributed by atoms with Gasteiger partial charge in [-0.05, 0) is 18.6 Å². The molecule has 0 unspecified atom stereocenters. The van der Waals surface area contributed by atoms with Gasteiger partial charge in [-0.15, -0.1) is 0 Å². The Kier molecular flexibility index (Phi) is 2.79. The van der Waals surface area contributed by atoms with Crippen LogP contribution in [0.5, 0.6) is 0 Å². The molecule has 2 aromatic heterocycles. The van der Waals surface area contributed by atoms with E-state index in [1.54, 1.807) is 18.7 Å². The molecule has 0 atom stereocenters. The second-order valence-corrected chi connectivity index (χ2v) is 4.42. The summed E-state index contributed by atoms with van der Waals surface area (Å²) in [6.07, 6.45) is 5.14. The monoisotopic (exact) mass is 255 g/mol. The first-order valence-corrected chi connectivity index (χ1v) is 5.98. The maximum absolute atomic E-state index is 11.9. The van der Waals surface area contributed by atoms with Gasteiger partial charge in [0.1, 0.15) is 5.58 Å². The molecule has 5 nitrogen and oxygen atoms in total. The van der Waals surface area contributed by atoms with E-state index >= 15 is 0 Å². The Morgan fingerprint density at radius 2 is 2.37 bits per heavy atom. The summed E-state index contributed by atoms with van der Waals surface area (Å²) in [4.78, 5) is 18.6. The van der Waals surface area contributed by atoms with Gasteiger partial charge in [0.05, 0.1) is 12.7 Å². The van der Waals surface area contributed by atoms with E-state index in [4.69, 9.17) is 4.42 Å². The number of fused-ring (bicyclic) bond motifs is 1. The Morgan fingerprint density at radius 1 is 1.47 bits per heavy atom. The van der Waals surface area contributed by atoms with Crippen molar-refractivity contribution in [1.82, 2.24) is 9.97 Å². The van der Waals surface area contributed by atoms with Crippen molar-refractivity contribution >= 4 is 22.8 Å². The molecule has 0 saturated carbocycles. The number of aromatic amines is 1. The lowest BCUT2D eigenvalue weighted by atomic mass is 10.1. The van der Waals surface area contributed by atoms with Crippen LogP contribution in [0.3, 0.4) is 0 Å². The third-order valence-corrected chi connectivity index (χ3v) is 2.92. The molecule has 0 bridgehead atoms. The highest BCUT2D eigenvalue weighted by Gasteiger charge is 2.11. The van der Waals surface area contributed by atoms with E-state index in [0.29, 0.717) is 5.95 Å². The molecule has 0 spiro atoms. The van der Waals surface area contributed by atoms with Gasteiger partial charge in [-0.1, -0.05) is 12.1 Å². The SMILES string of the molecule is Cc1ccc2c(CC(=O)Nc3ncc[nH]3)coc2c1. The largest absolute Gasteiger partial charge is 0.464 e. The Morgan fingerprint density at radius 3 is 3.16 bits per heavy atom. The topological polar surface area (TPSA) is 70.9 Å². The Hall–Kier alpha value is -2.56. The van der Waals surface area contributed by atoms with Crippen molar-refractivity contribution in [2.75, 3.05) is 5.32 Å². The summed E-state index contributed by atoms with van der Waals surface area (Å²) in [5.74, 6) is 0.326. The zero-order chi connectivity index (χ0) is 13.2. The van der Waals surface area contributed by atoms with Gasteiger partial charge in [-0.3, -0.25) is 10.1 Å². The first kappa shape index (κ1) is 11.5. The number of aromatic nitrogens is 2. The highest BCUT2D eigenvalue weighted by molar-refractivity contribution is 5.94. The van der Waals surface area contributed by atoms with E-state index in [0.717, 1.165) is 22.1 Å². The summed E-state index contributed by atoms with van der Waals surface area (Å²) in [7, 11) is 0. The fourth-order valence-electron chi connectivity index (χ4n) is 2.01. The number of imidazole rings is 1. The number of carbonyl (C=O) groups is 1. The number of carbonyl (C=O) groups excluding carboxylic acids is 1. The number of furan rings is 1. The van der Waals surface area contributed by atoms with E-state index < -0.39 is 0 Å². The van der Waals surface area contributed by atoms with Gasteiger partial charge < -0.3 is 9.40 Å². The van der Waals surface area contributed by atoms with Crippen LogP contribution in [-0.2, 0) is 11.2 Å². The van der Waals surface area contributed by atoms with Crippen LogP contribution >= 0.6 is 0 Å². The first-order chi connectivity index (χ1) is 9.22. The molecule has 0 aliphatic carbocycles. The number of aryl methyl sites for hydroxylation is 1. The Bertz CT molecular complexity index is 713. The number of benzene rings is 1. The molecule has 0 radical (unpaired) electrons. The smallest absolute Gasteiger partial charge is 0.231 e. The molecule has 2 N–H and O–H groups in total. The molecule has 1 amide bonds. The lowest BCUT2D eigenvalue weighted by Crippen LogP contribution is -2.15. The minimum absolute atomic E-state index is 0.127. The maximum atomic E-state index is 11.9. The van der Waals surface area contributed by atoms with E-state index in [1.807, 2.05) is 25.1 Å². The molecule has 96 valence electrons. The van der Waals surface area contributed by atoms with Crippen molar-refractivity contribution in [2.45, 2.75) is 13.3 Å². The van der Waals surface area contributed by atoms with E-state index in [2.05, 4.69) is 15.3 Å². The molecule has 0 saturated heterocycles. The fourth-order valence-corrected chi connectivity index (χ4v) is 2.01. The van der Waals surface area contributed by atoms with Crippen LogP contribution in [0.2, 0.25) is 0 Å². The lowest BCUT2D eigenvalue weighted by molar-refractivity contribution is -0.115. The van der Waals surface area contributed by atoms with Gasteiger partial charge in [0.15, 0.2) is 0 Å². The molecule has 19 heavy (non-hydrogen) atoms. The van der Waals surface area contributed by atoms with Gasteiger partial charge in [-0.25, -0.2) is 4.98 Å². The molecular formula is C14H13N3O2. The van der Waals surface area contributed by atoms with Gasteiger partial charge in [0, 0.05) is 23.3 Å². The maximum Gasteiger partial charge on any atom is 0.231 e. The van der Waals surface area contributed by atoms with Crippen molar-refractivity contribution in [1.29, 1.82) is 0 Å². The van der Waals surface area contributed by atoms with Gasteiger partial charge in [0.25, 0.3) is 0 Å². The first-order valence-electron chi connectivity index (χ1n) is 5.98. The number of nitrogens with zero attached hydrogens (tertiary/aromatic N) is 1. The molecule has 0 aliphatic rings. The molecule has 1 aromatic carbocycles. The summed E-state index contributed by atoms with van der Waals surface area (Å²) < 4.78 is 5.46. The van der Waals surface area contributed by atoms with Gasteiger partial charge >= 0.3 is 0 Å². The second-order valence-electron chi connectivity index (χ2n) is 4.42. The quantitative estimate of drug-likeness (QED) is 0.755. The summed E-state index contributed by atoms with van der Waals surface area (Å²) in [6, 6.07) is 5.94. The molecule has 5 heteroatoms. The summed E-state index contributed by atoms with van der Waals surface area (Å²) >= 11 is 0. The number of anilines is 1. The van der Waals surface area contributed by atoms with Crippen LogP contribution in [0.1, 0.15) is 11.1 Å². The molecule has 0 fully saturated rings. The van der Waals surface area contributed by atoms with Crippen molar-refractivity contribution < 1.29 is 9.21 Å². The van der Waals surface area contributed by atoms with Crippen LogP contribution in [0, 0.1) is 6.92 Å². The highest BCUT2D eigenvalue weighted by Crippen LogP contribution is 2.22. The number of H-pyrrole nitrogens is 1. The highest BCUT2D eigenvalue weighted by atomic mass is 16.3. The number of rotatable bonds is 3. The minimum atomic E-state index is -0.127. The van der Waals surface area contributed by atoms with Crippen molar-refractivity contribution in [3.8, 4) is 0 Å². The minimum Gasteiger partial charge on any atom is -0.464 e. The number of hydrogen-bond donors (Lipinski definition) is 2. The molecule has 3 aromatic rings. The van der Waals surface area contributed by atoms with Crippen LogP contribution in [-0.4, -0.2) is 15.9 Å². The number of nitrogens with one attached hydrogen (secondary N) is 2. The second kappa shape index (κ2) is 4.61. The zero-order valence-electron chi connectivity index (χ0n) is 10.4. The standard InChI is InChI=1S/C14H13N3O2/c1-9-2-3-11-10(8-19-12(11)6-9)7-13(18)17-14-15-4-5-16-14/h2-6,8H,7H2,1H3,(H2,15,16,17,18). The Balaban J connectivity index is 1.79. The summed E-state index contributed by atoms with van der Waals surface area (Å²) in [5, 5.41) is 3.66. The van der Waals surface area contributed by atoms with Crippen molar-refractivity contribution in [3.63, 3.8) is 0 Å². The zero-order valence-corrected chi connectivity index (χ0v) is 10.4. The van der Waals surface area contributed by atoms with E-state index in [-0.39, 0.29) is 12.3 Å². The third-order valence-electron chi connectivity index (χ3n) is 2.92. The van der Waals surface area contributed by atoms with Crippen LogP contribution in [0.15, 0.2) is 41.3 Å². The summed E-state index contributed by atoms with van der Waals surface area (Å²) in [6.45, 7) is 2.01. The fraction of sp³-hybridized carbons (Fsp3) is 0.143. The normalized spacial score (nSPS) is 10.8. The van der Waals surface area contributed by atoms with Crippen LogP contribution in [0.25, 0.3) is 11.0 Å². The van der Waals surface area contributed by atoms with Gasteiger partial charge in [-0.2, -0.15) is 0 Å². The summed E-state index contributed by atoms with van der Waals surface area (Å²) in [5.41, 5.74) is 2.81. The third kappa shape index (κ3) is 2.35. The predicted molar refractivity (Wildman–Crippen MR) is 71.9 cm³/mol. The molecule has 0 aliphatic heterocycles. The number of amides is 1. The van der Waals surface area contributed by atoms with E-state index in [1.165, 1.54) is 0 Å². The van der Waals surface area contributed by atoms with Crippen LogP contribution in [0.4, 0.5) is 5.95 Å². The molecular weight excluding hydrogens is 242 g/mol. The Labute approximate surface area is 109 Å².